The van der Waals surface area contributed by atoms with Gasteiger partial charge in [-0.25, -0.2) is 4.98 Å². The minimum Gasteiger partial charge on any atom is -0.291 e. The molecule has 0 amide bonds. The second-order valence-electron chi connectivity index (χ2n) is 6.28. The lowest BCUT2D eigenvalue weighted by molar-refractivity contribution is 0.827. The summed E-state index contributed by atoms with van der Waals surface area (Å²) in [4.78, 5) is 17.4. The number of halogens is 1. The summed E-state index contributed by atoms with van der Waals surface area (Å²) in [7, 11) is 0. The molecule has 28 heavy (non-hydrogen) atoms. The van der Waals surface area contributed by atoms with E-state index in [1.165, 1.54) is 21.6 Å². The highest BCUT2D eigenvalue weighted by atomic mass is 79.9. The Balaban J connectivity index is 1.65. The molecule has 2 aromatic heterocycles. The van der Waals surface area contributed by atoms with E-state index in [0.717, 1.165) is 15.7 Å². The van der Waals surface area contributed by atoms with Crippen LogP contribution < -0.4 is 5.56 Å². The largest absolute Gasteiger partial charge is 0.301 e. The van der Waals surface area contributed by atoms with Crippen molar-refractivity contribution in [1.29, 1.82) is 0 Å². The molecule has 0 fully saturated rings. The first-order chi connectivity index (χ1) is 13.5. The Morgan fingerprint density at radius 1 is 1.04 bits per heavy atom. The third-order valence-electron chi connectivity index (χ3n) is 4.16. The van der Waals surface area contributed by atoms with Gasteiger partial charge < -0.3 is 0 Å². The normalized spacial score (nSPS) is 11.4. The lowest BCUT2D eigenvalue weighted by Crippen LogP contribution is -2.13. The Hall–Kier alpha value is -2.84. The number of azo groups is 1. The number of nitrogens with zero attached hydrogens (tertiary/aromatic N) is 4. The molecule has 0 saturated carbocycles. The van der Waals surface area contributed by atoms with Gasteiger partial charge in [-0.05, 0) is 38.1 Å². The molecule has 2 aromatic carbocycles. The van der Waals surface area contributed by atoms with Crippen LogP contribution in [0, 0.1) is 13.8 Å². The molecule has 1 N–H and O–H groups in total. The number of thiazole rings is 1. The molecule has 0 unspecified atom stereocenters. The Morgan fingerprint density at radius 3 is 2.46 bits per heavy atom. The zero-order valence-corrected chi connectivity index (χ0v) is 17.6. The molecule has 140 valence electrons. The van der Waals surface area contributed by atoms with Crippen LogP contribution in [0.1, 0.15) is 11.3 Å². The highest BCUT2D eigenvalue weighted by Crippen LogP contribution is 2.25. The van der Waals surface area contributed by atoms with Crippen molar-refractivity contribution in [2.75, 3.05) is 0 Å². The summed E-state index contributed by atoms with van der Waals surface area (Å²) >= 11 is 4.78. The van der Waals surface area contributed by atoms with Crippen LogP contribution >= 0.6 is 27.3 Å². The molecule has 4 rings (SSSR count). The Morgan fingerprint density at radius 2 is 1.75 bits per heavy atom. The van der Waals surface area contributed by atoms with Crippen molar-refractivity contribution >= 4 is 38.6 Å². The van der Waals surface area contributed by atoms with Gasteiger partial charge in [0.1, 0.15) is 0 Å². The number of hydrogen-bond acceptors (Lipinski definition) is 5. The maximum Gasteiger partial charge on any atom is 0.301 e. The minimum absolute atomic E-state index is 0.273. The van der Waals surface area contributed by atoms with Crippen molar-refractivity contribution in [2.24, 2.45) is 10.2 Å². The summed E-state index contributed by atoms with van der Waals surface area (Å²) in [6.45, 7) is 3.84. The minimum atomic E-state index is -0.275. The highest BCUT2D eigenvalue weighted by Gasteiger charge is 2.15. The number of hydrogen-bond donors (Lipinski definition) is 1. The molecule has 0 aliphatic heterocycles. The number of aromatic amines is 1. The number of H-pyrrole nitrogens is 1. The average molecular weight is 454 g/mol. The summed E-state index contributed by atoms with van der Waals surface area (Å²) < 4.78 is 2.37. The first kappa shape index (κ1) is 18.5. The van der Waals surface area contributed by atoms with E-state index in [2.05, 4.69) is 36.2 Å². The molecule has 8 heteroatoms. The van der Waals surface area contributed by atoms with Crippen molar-refractivity contribution in [1.82, 2.24) is 14.8 Å². The second kappa shape index (κ2) is 7.65. The van der Waals surface area contributed by atoms with E-state index in [4.69, 9.17) is 0 Å². The fourth-order valence-corrected chi connectivity index (χ4v) is 3.68. The van der Waals surface area contributed by atoms with Crippen LogP contribution in [-0.4, -0.2) is 14.8 Å². The summed E-state index contributed by atoms with van der Waals surface area (Å²) in [6.07, 6.45) is 0. The van der Waals surface area contributed by atoms with Gasteiger partial charge >= 0.3 is 5.56 Å². The van der Waals surface area contributed by atoms with Gasteiger partial charge in [0.25, 0.3) is 0 Å². The van der Waals surface area contributed by atoms with Crippen LogP contribution in [0.15, 0.2) is 73.4 Å². The second-order valence-corrected chi connectivity index (χ2v) is 8.04. The van der Waals surface area contributed by atoms with Gasteiger partial charge in [-0.1, -0.05) is 45.8 Å². The van der Waals surface area contributed by atoms with Gasteiger partial charge in [0, 0.05) is 15.4 Å². The molecule has 0 spiro atoms. The van der Waals surface area contributed by atoms with Crippen molar-refractivity contribution in [3.8, 4) is 16.4 Å². The van der Waals surface area contributed by atoms with Crippen LogP contribution in [0.5, 0.6) is 0 Å². The van der Waals surface area contributed by atoms with Gasteiger partial charge in [0.2, 0.25) is 5.13 Å². The molecule has 0 atom stereocenters. The predicted molar refractivity (Wildman–Crippen MR) is 115 cm³/mol. The maximum atomic E-state index is 12.8. The monoisotopic (exact) mass is 453 g/mol. The van der Waals surface area contributed by atoms with E-state index in [1.54, 1.807) is 6.92 Å². The van der Waals surface area contributed by atoms with E-state index in [0.29, 0.717) is 16.5 Å². The topological polar surface area (TPSA) is 75.4 Å². The average Bonchev–Trinajstić information content (AvgIpc) is 3.27. The molecular formula is C20H16BrN5OS. The van der Waals surface area contributed by atoms with E-state index in [1.807, 2.05) is 60.8 Å². The third kappa shape index (κ3) is 3.74. The molecule has 0 saturated heterocycles. The van der Waals surface area contributed by atoms with Crippen molar-refractivity contribution in [3.63, 3.8) is 0 Å². The summed E-state index contributed by atoms with van der Waals surface area (Å²) in [5.41, 5.74) is 4.34. The highest BCUT2D eigenvalue weighted by molar-refractivity contribution is 9.10. The van der Waals surface area contributed by atoms with E-state index in [9.17, 15) is 4.79 Å². The molecule has 2 heterocycles. The quantitative estimate of drug-likeness (QED) is 0.379. The Kier molecular flexibility index (Phi) is 5.06. The smallest absolute Gasteiger partial charge is 0.291 e. The molecule has 0 aliphatic carbocycles. The molecule has 0 bridgehead atoms. The fourth-order valence-electron chi connectivity index (χ4n) is 2.63. The van der Waals surface area contributed by atoms with Crippen molar-refractivity contribution in [2.45, 2.75) is 13.8 Å². The summed E-state index contributed by atoms with van der Waals surface area (Å²) in [5, 5.41) is 13.8. The lowest BCUT2D eigenvalue weighted by atomic mass is 10.1. The van der Waals surface area contributed by atoms with Crippen LogP contribution in [0.2, 0.25) is 0 Å². The maximum absolute atomic E-state index is 12.8. The van der Waals surface area contributed by atoms with E-state index < -0.39 is 0 Å². The molecule has 0 aliphatic rings. The van der Waals surface area contributed by atoms with Gasteiger partial charge in [0.05, 0.1) is 17.1 Å². The zero-order valence-electron chi connectivity index (χ0n) is 15.2. The number of aromatic nitrogens is 3. The first-order valence-electron chi connectivity index (χ1n) is 8.53. The number of nitrogens with one attached hydrogen (secondary N) is 1. The SMILES string of the molecule is Cc1ccc(-c2csc(-n3[nH]c(C)c(N=Nc4ccc(Br)cc4)c3=O)n2)cc1. The summed E-state index contributed by atoms with van der Waals surface area (Å²) in [6, 6.07) is 15.5. The van der Waals surface area contributed by atoms with Crippen LogP contribution in [0.25, 0.3) is 16.4 Å². The molecule has 4 aromatic rings. The fraction of sp³-hybridized carbons (Fsp3) is 0.100. The third-order valence-corrected chi connectivity index (χ3v) is 5.52. The van der Waals surface area contributed by atoms with E-state index >= 15 is 0 Å². The zero-order chi connectivity index (χ0) is 19.7. The lowest BCUT2D eigenvalue weighted by Gasteiger charge is -1.97. The van der Waals surface area contributed by atoms with Crippen LogP contribution in [-0.2, 0) is 0 Å². The Bertz CT molecular complexity index is 1200. The Labute approximate surface area is 173 Å². The molecule has 6 nitrogen and oxygen atoms in total. The molecular weight excluding hydrogens is 438 g/mol. The van der Waals surface area contributed by atoms with Crippen molar-refractivity contribution in [3.05, 3.63) is 80.0 Å². The summed E-state index contributed by atoms with van der Waals surface area (Å²) in [5.74, 6) is 0. The predicted octanol–water partition coefficient (Wildman–Crippen LogP) is 6.08. The number of aryl methyl sites for hydroxylation is 2. The van der Waals surface area contributed by atoms with Crippen LogP contribution in [0.3, 0.4) is 0 Å². The number of benzene rings is 2. The van der Waals surface area contributed by atoms with E-state index in [-0.39, 0.29) is 11.2 Å². The van der Waals surface area contributed by atoms with Gasteiger partial charge in [-0.15, -0.1) is 16.5 Å². The van der Waals surface area contributed by atoms with Crippen molar-refractivity contribution < 1.29 is 0 Å². The van der Waals surface area contributed by atoms with Gasteiger partial charge in [-0.2, -0.15) is 9.80 Å². The van der Waals surface area contributed by atoms with Crippen LogP contribution in [0.4, 0.5) is 11.4 Å². The van der Waals surface area contributed by atoms with Gasteiger partial charge in [0.15, 0.2) is 5.69 Å². The molecule has 0 radical (unpaired) electrons. The van der Waals surface area contributed by atoms with Gasteiger partial charge in [-0.3, -0.25) is 9.89 Å². The standard InChI is InChI=1S/C20H16BrN5OS/c1-12-3-5-14(6-4-12)17-11-28-20(22-17)26-19(27)18(13(2)25-26)24-23-16-9-7-15(21)8-10-16/h3-11,25H,1-2H3. The first-order valence-corrected chi connectivity index (χ1v) is 10.2. The number of rotatable bonds is 4.